The first-order valence-electron chi connectivity index (χ1n) is 8.55. The van der Waals surface area contributed by atoms with Crippen LogP contribution < -0.4 is 5.32 Å². The molecule has 1 atom stereocenters. The first-order valence-corrected chi connectivity index (χ1v) is 10.4. The summed E-state index contributed by atoms with van der Waals surface area (Å²) in [4.78, 5) is 24.6. The maximum Gasteiger partial charge on any atom is 0.338 e. The van der Waals surface area contributed by atoms with E-state index in [1.807, 2.05) is 36.4 Å². The summed E-state index contributed by atoms with van der Waals surface area (Å²) in [6, 6.07) is 18.6. The van der Waals surface area contributed by atoms with Gasteiger partial charge in [-0.1, -0.05) is 30.3 Å². The van der Waals surface area contributed by atoms with Crippen LogP contribution in [0, 0.1) is 0 Å². The van der Waals surface area contributed by atoms with Crippen LogP contribution in [0.1, 0.15) is 17.3 Å². The van der Waals surface area contributed by atoms with Crippen LogP contribution in [-0.2, 0) is 19.4 Å². The highest BCUT2D eigenvalue weighted by atomic mass is 32.2. The van der Waals surface area contributed by atoms with Gasteiger partial charge in [-0.25, -0.2) is 13.2 Å². The molecular weight excluding hydrogens is 378 g/mol. The zero-order valence-corrected chi connectivity index (χ0v) is 16.2. The minimum Gasteiger partial charge on any atom is -0.449 e. The van der Waals surface area contributed by atoms with Crippen LogP contribution in [0.5, 0.6) is 0 Å². The highest BCUT2D eigenvalue weighted by Gasteiger charge is 2.19. The molecule has 0 saturated carbocycles. The number of anilines is 1. The van der Waals surface area contributed by atoms with Crippen molar-refractivity contribution in [2.24, 2.45) is 0 Å². The highest BCUT2D eigenvalue weighted by Crippen LogP contribution is 2.19. The summed E-state index contributed by atoms with van der Waals surface area (Å²) in [7, 11) is -3.35. The molecule has 144 valence electrons. The van der Waals surface area contributed by atoms with Gasteiger partial charge in [-0.3, -0.25) is 4.79 Å². The van der Waals surface area contributed by atoms with Gasteiger partial charge in [-0.05, 0) is 54.1 Å². The monoisotopic (exact) mass is 397 g/mol. The summed E-state index contributed by atoms with van der Waals surface area (Å²) >= 11 is 0. The van der Waals surface area contributed by atoms with Crippen molar-refractivity contribution in [3.05, 3.63) is 72.3 Å². The summed E-state index contributed by atoms with van der Waals surface area (Å²) in [5, 5.41) is 4.76. The zero-order valence-electron chi connectivity index (χ0n) is 15.4. The fraction of sp³-hybridized carbons (Fsp3) is 0.143. The molecule has 3 aromatic carbocycles. The number of fused-ring (bicyclic) bond motifs is 1. The molecule has 0 aromatic heterocycles. The van der Waals surface area contributed by atoms with E-state index in [4.69, 9.17) is 4.74 Å². The average molecular weight is 397 g/mol. The number of esters is 1. The van der Waals surface area contributed by atoms with Crippen LogP contribution in [-0.4, -0.2) is 32.7 Å². The predicted molar refractivity (Wildman–Crippen MR) is 107 cm³/mol. The molecule has 0 bridgehead atoms. The van der Waals surface area contributed by atoms with Crippen molar-refractivity contribution in [2.75, 3.05) is 11.6 Å². The van der Waals surface area contributed by atoms with Gasteiger partial charge >= 0.3 is 5.97 Å². The Morgan fingerprint density at radius 2 is 1.57 bits per heavy atom. The van der Waals surface area contributed by atoms with Gasteiger partial charge in [-0.2, -0.15) is 0 Å². The second kappa shape index (κ2) is 7.82. The molecule has 0 saturated heterocycles. The molecule has 0 aliphatic rings. The van der Waals surface area contributed by atoms with Gasteiger partial charge in [0.2, 0.25) is 0 Å². The third-order valence-corrected chi connectivity index (χ3v) is 5.32. The van der Waals surface area contributed by atoms with E-state index in [0.29, 0.717) is 5.69 Å². The molecule has 6 nitrogen and oxygen atoms in total. The molecule has 28 heavy (non-hydrogen) atoms. The fourth-order valence-electron chi connectivity index (χ4n) is 2.63. The van der Waals surface area contributed by atoms with Crippen molar-refractivity contribution in [1.82, 2.24) is 0 Å². The minimum atomic E-state index is -3.35. The second-order valence-electron chi connectivity index (χ2n) is 6.40. The molecule has 3 rings (SSSR count). The molecule has 1 N–H and O–H groups in total. The lowest BCUT2D eigenvalue weighted by Gasteiger charge is -2.14. The third kappa shape index (κ3) is 4.55. The maximum atomic E-state index is 12.3. The van der Waals surface area contributed by atoms with E-state index < -0.39 is 27.8 Å². The normalized spacial score (nSPS) is 12.4. The standard InChI is InChI=1S/C21H19NO5S/c1-14(27-21(24)16-8-11-19(12-9-16)28(2,25)26)20(23)22-18-10-7-15-5-3-4-6-17(15)13-18/h3-14H,1-2H3,(H,22,23)/t14-/m1/s1. The van der Waals surface area contributed by atoms with Crippen LogP contribution in [0.4, 0.5) is 5.69 Å². The van der Waals surface area contributed by atoms with Gasteiger partial charge in [0, 0.05) is 11.9 Å². The summed E-state index contributed by atoms with van der Waals surface area (Å²) in [6.45, 7) is 1.47. The molecule has 0 aliphatic carbocycles. The summed E-state index contributed by atoms with van der Waals surface area (Å²) in [5.74, 6) is -1.17. The van der Waals surface area contributed by atoms with E-state index in [0.717, 1.165) is 17.0 Å². The zero-order chi connectivity index (χ0) is 20.3. The lowest BCUT2D eigenvalue weighted by molar-refractivity contribution is -0.123. The topological polar surface area (TPSA) is 89.5 Å². The number of carbonyl (C=O) groups is 2. The van der Waals surface area contributed by atoms with E-state index >= 15 is 0 Å². The van der Waals surface area contributed by atoms with Gasteiger partial charge in [-0.15, -0.1) is 0 Å². The Kier molecular flexibility index (Phi) is 5.46. The van der Waals surface area contributed by atoms with Crippen molar-refractivity contribution in [3.8, 4) is 0 Å². The Morgan fingerprint density at radius 1 is 0.929 bits per heavy atom. The minimum absolute atomic E-state index is 0.103. The van der Waals surface area contributed by atoms with Gasteiger partial charge < -0.3 is 10.1 Å². The Hall–Kier alpha value is -3.19. The molecule has 1 amide bonds. The number of benzene rings is 3. The lowest BCUT2D eigenvalue weighted by atomic mass is 10.1. The predicted octanol–water partition coefficient (Wildman–Crippen LogP) is 3.43. The smallest absolute Gasteiger partial charge is 0.338 e. The van der Waals surface area contributed by atoms with Crippen LogP contribution in [0.2, 0.25) is 0 Å². The number of hydrogen-bond acceptors (Lipinski definition) is 5. The van der Waals surface area contributed by atoms with Gasteiger partial charge in [0.05, 0.1) is 10.5 Å². The Bertz CT molecular complexity index is 1140. The van der Waals surface area contributed by atoms with E-state index in [-0.39, 0.29) is 10.5 Å². The molecule has 7 heteroatoms. The Morgan fingerprint density at radius 3 is 2.21 bits per heavy atom. The lowest BCUT2D eigenvalue weighted by Crippen LogP contribution is -2.30. The maximum absolute atomic E-state index is 12.3. The van der Waals surface area contributed by atoms with Crippen LogP contribution in [0.3, 0.4) is 0 Å². The molecule has 0 unspecified atom stereocenters. The summed E-state index contributed by atoms with van der Waals surface area (Å²) in [5.41, 5.74) is 0.766. The van der Waals surface area contributed by atoms with E-state index in [1.54, 1.807) is 6.07 Å². The van der Waals surface area contributed by atoms with Gasteiger partial charge in [0.1, 0.15) is 0 Å². The first-order chi connectivity index (χ1) is 13.2. The van der Waals surface area contributed by atoms with Gasteiger partial charge in [0.15, 0.2) is 15.9 Å². The fourth-order valence-corrected chi connectivity index (χ4v) is 3.26. The number of ether oxygens (including phenoxy) is 1. The quantitative estimate of drug-likeness (QED) is 0.666. The number of carbonyl (C=O) groups excluding carboxylic acids is 2. The van der Waals surface area contributed by atoms with Crippen LogP contribution in [0.25, 0.3) is 10.8 Å². The second-order valence-corrected chi connectivity index (χ2v) is 8.41. The average Bonchev–Trinajstić information content (AvgIpc) is 2.67. The largest absolute Gasteiger partial charge is 0.449 e. The molecule has 3 aromatic rings. The Labute approximate surface area is 163 Å². The SMILES string of the molecule is C[C@@H](OC(=O)c1ccc(S(C)(=O)=O)cc1)C(=O)Nc1ccc2ccccc2c1. The molecule has 0 radical (unpaired) electrons. The van der Waals surface area contributed by atoms with Crippen molar-refractivity contribution in [2.45, 2.75) is 17.9 Å². The van der Waals surface area contributed by atoms with Crippen LogP contribution >= 0.6 is 0 Å². The number of rotatable bonds is 5. The number of amides is 1. The van der Waals surface area contributed by atoms with E-state index in [2.05, 4.69) is 5.32 Å². The summed E-state index contributed by atoms with van der Waals surface area (Å²) in [6.07, 6.45) is 0.0630. The molecular formula is C21H19NO5S. The third-order valence-electron chi connectivity index (χ3n) is 4.19. The number of hydrogen-bond donors (Lipinski definition) is 1. The number of nitrogens with one attached hydrogen (secondary N) is 1. The first kappa shape index (κ1) is 19.6. The summed E-state index contributed by atoms with van der Waals surface area (Å²) < 4.78 is 28.1. The van der Waals surface area contributed by atoms with Crippen molar-refractivity contribution in [1.29, 1.82) is 0 Å². The van der Waals surface area contributed by atoms with Crippen molar-refractivity contribution < 1.29 is 22.7 Å². The highest BCUT2D eigenvalue weighted by molar-refractivity contribution is 7.90. The molecule has 0 spiro atoms. The Balaban J connectivity index is 1.65. The number of sulfone groups is 1. The molecule has 0 fully saturated rings. The molecule has 0 heterocycles. The van der Waals surface area contributed by atoms with Crippen molar-refractivity contribution >= 4 is 38.2 Å². The van der Waals surface area contributed by atoms with Crippen LogP contribution in [0.15, 0.2) is 71.6 Å². The molecule has 0 aliphatic heterocycles. The van der Waals surface area contributed by atoms with E-state index in [9.17, 15) is 18.0 Å². The van der Waals surface area contributed by atoms with E-state index in [1.165, 1.54) is 31.2 Å². The van der Waals surface area contributed by atoms with Gasteiger partial charge in [0.25, 0.3) is 5.91 Å². The van der Waals surface area contributed by atoms with Crippen molar-refractivity contribution in [3.63, 3.8) is 0 Å².